The van der Waals surface area contributed by atoms with Crippen molar-refractivity contribution >= 4 is 59.9 Å². The van der Waals surface area contributed by atoms with Crippen molar-refractivity contribution in [1.29, 1.82) is 0 Å². The first-order chi connectivity index (χ1) is 27.8. The Morgan fingerprint density at radius 3 is 1.55 bits per heavy atom. The van der Waals surface area contributed by atoms with Crippen LogP contribution in [0.2, 0.25) is 0 Å². The molecule has 4 heterocycles. The SMILES string of the molecule is c1ccc(-c2nc(-c3ccccc3)nc(-c3cccc(-n4c5cccc6c7ccccc7n7c(-c8ccccc8)nc8c9ccccc9c4c(c65)c87)c3)n2)cc1. The summed E-state index contributed by atoms with van der Waals surface area (Å²) >= 11 is 0. The highest BCUT2D eigenvalue weighted by Crippen LogP contribution is 2.47. The van der Waals surface area contributed by atoms with Gasteiger partial charge in [0.2, 0.25) is 0 Å². The van der Waals surface area contributed by atoms with E-state index in [4.69, 9.17) is 19.9 Å². The lowest BCUT2D eigenvalue weighted by Gasteiger charge is -2.13. The predicted octanol–water partition coefficient (Wildman–Crippen LogP) is 12.2. The Hall–Kier alpha value is -7.70. The monoisotopic (exact) mass is 714 g/mol. The van der Waals surface area contributed by atoms with Crippen LogP contribution >= 0.6 is 0 Å². The van der Waals surface area contributed by atoms with Gasteiger partial charge in [-0.05, 0) is 29.7 Å². The second kappa shape index (κ2) is 11.9. The lowest BCUT2D eigenvalue weighted by molar-refractivity contribution is 1.07. The summed E-state index contributed by atoms with van der Waals surface area (Å²) in [5.41, 5.74) is 10.4. The van der Waals surface area contributed by atoms with Gasteiger partial charge in [-0.2, -0.15) is 0 Å². The maximum atomic E-state index is 5.50. The fourth-order valence-electron chi connectivity index (χ4n) is 8.69. The van der Waals surface area contributed by atoms with E-state index in [1.807, 2.05) is 60.7 Å². The lowest BCUT2D eigenvalue weighted by Crippen LogP contribution is -2.01. The van der Waals surface area contributed by atoms with E-state index in [2.05, 4.69) is 130 Å². The van der Waals surface area contributed by atoms with Crippen LogP contribution in [0.5, 0.6) is 0 Å². The maximum absolute atomic E-state index is 5.50. The first-order valence-electron chi connectivity index (χ1n) is 18.8. The topological polar surface area (TPSA) is 60.9 Å². The van der Waals surface area contributed by atoms with Gasteiger partial charge in [-0.25, -0.2) is 19.9 Å². The van der Waals surface area contributed by atoms with Crippen LogP contribution in [-0.2, 0) is 0 Å². The molecule has 56 heavy (non-hydrogen) atoms. The van der Waals surface area contributed by atoms with Crippen LogP contribution < -0.4 is 0 Å². The van der Waals surface area contributed by atoms with E-state index in [1.54, 1.807) is 0 Å². The molecule has 0 saturated heterocycles. The molecular formula is C50H30N6. The van der Waals surface area contributed by atoms with Crippen molar-refractivity contribution in [3.05, 3.63) is 182 Å². The van der Waals surface area contributed by atoms with Crippen LogP contribution in [0.3, 0.4) is 0 Å². The van der Waals surface area contributed by atoms with Crippen LogP contribution in [0, 0.1) is 0 Å². The van der Waals surface area contributed by atoms with Crippen molar-refractivity contribution in [1.82, 2.24) is 28.9 Å². The third kappa shape index (κ3) is 4.44. The van der Waals surface area contributed by atoms with Gasteiger partial charge in [-0.15, -0.1) is 0 Å². The second-order valence-electron chi connectivity index (χ2n) is 14.2. The molecule has 0 aliphatic rings. The first kappa shape index (κ1) is 30.7. The van der Waals surface area contributed by atoms with Crippen LogP contribution in [0.25, 0.3) is 111 Å². The highest BCUT2D eigenvalue weighted by atomic mass is 15.1. The molecule has 0 aliphatic heterocycles. The minimum atomic E-state index is 0.619. The van der Waals surface area contributed by atoms with E-state index in [9.17, 15) is 0 Å². The summed E-state index contributed by atoms with van der Waals surface area (Å²) in [4.78, 5) is 20.6. The molecule has 8 aromatic carbocycles. The molecule has 12 rings (SSSR count). The molecule has 0 amide bonds. The average molecular weight is 715 g/mol. The molecule has 260 valence electrons. The van der Waals surface area contributed by atoms with E-state index in [-0.39, 0.29) is 0 Å². The molecule has 0 fully saturated rings. The van der Waals surface area contributed by atoms with Crippen molar-refractivity contribution in [2.75, 3.05) is 0 Å². The molecule has 0 radical (unpaired) electrons. The van der Waals surface area contributed by atoms with Crippen molar-refractivity contribution in [3.63, 3.8) is 0 Å². The molecular weight excluding hydrogens is 685 g/mol. The molecule has 4 aromatic heterocycles. The Balaban J connectivity index is 1.20. The Bertz CT molecular complexity index is 3400. The average Bonchev–Trinajstić information content (AvgIpc) is 3.81. The summed E-state index contributed by atoms with van der Waals surface area (Å²) in [5, 5.41) is 7.05. The molecule has 0 N–H and O–H groups in total. The predicted molar refractivity (Wildman–Crippen MR) is 228 cm³/mol. The van der Waals surface area contributed by atoms with E-state index in [0.717, 1.165) is 72.1 Å². The minimum Gasteiger partial charge on any atom is -0.308 e. The standard InChI is InChI=1S/C50H30N6/c1-4-16-31(17-5-1)47-52-48(32-18-6-2-7-19-32)54-49(53-47)34-22-14-23-35(30-34)55-41-29-15-27-37-36-24-12-13-28-40(36)56-46-43(42(37)41)45(55)39-26-11-10-25-38(39)44(46)51-50(56)33-20-8-3-9-21-33/h1-30H. The smallest absolute Gasteiger partial charge is 0.164 e. The van der Waals surface area contributed by atoms with Gasteiger partial charge in [0.15, 0.2) is 17.5 Å². The number of hydrogen-bond acceptors (Lipinski definition) is 4. The summed E-state index contributed by atoms with van der Waals surface area (Å²) in [6.45, 7) is 0. The number of hydrogen-bond donors (Lipinski definition) is 0. The normalized spacial score (nSPS) is 11.9. The first-order valence-corrected chi connectivity index (χ1v) is 18.8. The zero-order valence-corrected chi connectivity index (χ0v) is 30.0. The third-order valence-electron chi connectivity index (χ3n) is 11.1. The molecule has 0 unspecified atom stereocenters. The molecule has 0 aliphatic carbocycles. The van der Waals surface area contributed by atoms with Crippen molar-refractivity contribution in [2.24, 2.45) is 0 Å². The maximum Gasteiger partial charge on any atom is 0.164 e. The summed E-state index contributed by atoms with van der Waals surface area (Å²) < 4.78 is 4.83. The quantitative estimate of drug-likeness (QED) is 0.178. The van der Waals surface area contributed by atoms with E-state index >= 15 is 0 Å². The van der Waals surface area contributed by atoms with Gasteiger partial charge in [-0.3, -0.25) is 4.40 Å². The number of aromatic nitrogens is 6. The third-order valence-corrected chi connectivity index (χ3v) is 11.1. The van der Waals surface area contributed by atoms with E-state index < -0.39 is 0 Å². The molecule has 0 saturated carbocycles. The Kier molecular flexibility index (Phi) is 6.53. The van der Waals surface area contributed by atoms with Gasteiger partial charge < -0.3 is 4.57 Å². The molecule has 0 spiro atoms. The Morgan fingerprint density at radius 2 is 0.857 bits per heavy atom. The zero-order valence-electron chi connectivity index (χ0n) is 30.0. The summed E-state index contributed by atoms with van der Waals surface area (Å²) in [5.74, 6) is 2.82. The van der Waals surface area contributed by atoms with Gasteiger partial charge in [0.05, 0.1) is 27.6 Å². The highest BCUT2D eigenvalue weighted by Gasteiger charge is 2.26. The molecule has 0 atom stereocenters. The van der Waals surface area contributed by atoms with Crippen LogP contribution in [-0.4, -0.2) is 28.9 Å². The van der Waals surface area contributed by atoms with Gasteiger partial charge in [0, 0.05) is 54.9 Å². The molecule has 6 nitrogen and oxygen atoms in total. The number of benzene rings is 8. The number of fused-ring (bicyclic) bond motifs is 6. The zero-order chi connectivity index (χ0) is 36.7. The van der Waals surface area contributed by atoms with Crippen molar-refractivity contribution < 1.29 is 0 Å². The largest absolute Gasteiger partial charge is 0.308 e. The van der Waals surface area contributed by atoms with Gasteiger partial charge in [-0.1, -0.05) is 158 Å². The van der Waals surface area contributed by atoms with Crippen LogP contribution in [0.15, 0.2) is 182 Å². The highest BCUT2D eigenvalue weighted by molar-refractivity contribution is 6.36. The summed E-state index contributed by atoms with van der Waals surface area (Å²) in [6, 6.07) is 63.6. The number of para-hydroxylation sites is 1. The van der Waals surface area contributed by atoms with E-state index in [0.29, 0.717) is 17.5 Å². The van der Waals surface area contributed by atoms with Crippen LogP contribution in [0.4, 0.5) is 0 Å². The second-order valence-corrected chi connectivity index (χ2v) is 14.2. The Morgan fingerprint density at radius 1 is 0.339 bits per heavy atom. The summed E-state index contributed by atoms with van der Waals surface area (Å²) in [6.07, 6.45) is 0. The number of imidazole rings is 1. The van der Waals surface area contributed by atoms with Crippen molar-refractivity contribution in [3.8, 4) is 51.2 Å². The number of nitrogens with zero attached hydrogens (tertiary/aromatic N) is 6. The van der Waals surface area contributed by atoms with Crippen LogP contribution in [0.1, 0.15) is 0 Å². The molecule has 12 aromatic rings. The molecule has 0 bridgehead atoms. The van der Waals surface area contributed by atoms with Gasteiger partial charge >= 0.3 is 0 Å². The molecule has 6 heteroatoms. The fraction of sp³-hybridized carbons (Fsp3) is 0. The Labute approximate surface area is 321 Å². The van der Waals surface area contributed by atoms with Gasteiger partial charge in [0.1, 0.15) is 5.82 Å². The number of rotatable bonds is 5. The van der Waals surface area contributed by atoms with Crippen molar-refractivity contribution in [2.45, 2.75) is 0 Å². The summed E-state index contributed by atoms with van der Waals surface area (Å²) in [7, 11) is 0. The van der Waals surface area contributed by atoms with Gasteiger partial charge in [0.25, 0.3) is 0 Å². The fourth-order valence-corrected chi connectivity index (χ4v) is 8.69. The van der Waals surface area contributed by atoms with E-state index in [1.165, 1.54) is 21.5 Å². The minimum absolute atomic E-state index is 0.619. The lowest BCUT2D eigenvalue weighted by atomic mass is 10.0.